The summed E-state index contributed by atoms with van der Waals surface area (Å²) in [5.41, 5.74) is 1.12. The first kappa shape index (κ1) is 16.2. The fourth-order valence-corrected chi connectivity index (χ4v) is 4.61. The van der Waals surface area contributed by atoms with Gasteiger partial charge in [0.2, 0.25) is 11.8 Å². The molecule has 6 nitrogen and oxygen atoms in total. The number of rotatable bonds is 3. The largest absolute Gasteiger partial charge is 0.425 e. The smallest absolute Gasteiger partial charge is 0.226 e. The summed E-state index contributed by atoms with van der Waals surface area (Å²) in [6.07, 6.45) is 0. The van der Waals surface area contributed by atoms with Gasteiger partial charge in [0, 0.05) is 43.3 Å². The minimum absolute atomic E-state index is 0.112. The first-order valence-electron chi connectivity index (χ1n) is 8.42. The van der Waals surface area contributed by atoms with Crippen LogP contribution in [0.2, 0.25) is 0 Å². The molecule has 2 atom stereocenters. The van der Waals surface area contributed by atoms with Gasteiger partial charge in [0.1, 0.15) is 0 Å². The predicted octanol–water partition coefficient (Wildman–Crippen LogP) is 2.53. The first-order valence-corrected chi connectivity index (χ1v) is 9.30. The lowest BCUT2D eigenvalue weighted by Gasteiger charge is -2.22. The highest BCUT2D eigenvalue weighted by molar-refractivity contribution is 7.09. The summed E-state index contributed by atoms with van der Waals surface area (Å²) < 4.78 is 11.5. The SMILES string of the molecule is Cc1nnc([C@]23COC[C@H]2CN(Cc2csc(C(C)(C)C)n2)C3)o1. The Bertz CT molecular complexity index is 735. The maximum Gasteiger partial charge on any atom is 0.226 e. The Morgan fingerprint density at radius 3 is 2.88 bits per heavy atom. The highest BCUT2D eigenvalue weighted by Gasteiger charge is 2.55. The molecule has 0 N–H and O–H groups in total. The van der Waals surface area contributed by atoms with E-state index in [1.54, 1.807) is 11.3 Å². The fraction of sp³-hybridized carbons (Fsp3) is 0.706. The van der Waals surface area contributed by atoms with Gasteiger partial charge in [-0.3, -0.25) is 4.90 Å². The first-order chi connectivity index (χ1) is 11.4. The Labute approximate surface area is 146 Å². The lowest BCUT2D eigenvalue weighted by Crippen LogP contribution is -2.35. The molecule has 2 fully saturated rings. The third kappa shape index (κ3) is 2.68. The number of aromatic nitrogens is 3. The summed E-state index contributed by atoms with van der Waals surface area (Å²) in [5.74, 6) is 1.77. The quantitative estimate of drug-likeness (QED) is 0.849. The van der Waals surface area contributed by atoms with Crippen molar-refractivity contribution >= 4 is 11.3 Å². The topological polar surface area (TPSA) is 64.3 Å². The molecule has 0 amide bonds. The average molecular weight is 348 g/mol. The van der Waals surface area contributed by atoms with Gasteiger partial charge in [-0.1, -0.05) is 20.8 Å². The Kier molecular flexibility index (Phi) is 3.78. The van der Waals surface area contributed by atoms with Crippen molar-refractivity contribution in [3.8, 4) is 0 Å². The van der Waals surface area contributed by atoms with Gasteiger partial charge in [-0.15, -0.1) is 21.5 Å². The monoisotopic (exact) mass is 348 g/mol. The summed E-state index contributed by atoms with van der Waals surface area (Å²) in [4.78, 5) is 7.29. The van der Waals surface area contributed by atoms with Crippen LogP contribution in [0.1, 0.15) is 43.3 Å². The van der Waals surface area contributed by atoms with Crippen LogP contribution in [-0.4, -0.2) is 46.4 Å². The molecule has 2 aromatic rings. The van der Waals surface area contributed by atoms with Crippen LogP contribution in [0.15, 0.2) is 9.80 Å². The summed E-state index contributed by atoms with van der Waals surface area (Å²) in [6, 6.07) is 0. The second-order valence-corrected chi connectivity index (χ2v) is 8.92. The minimum atomic E-state index is -0.149. The minimum Gasteiger partial charge on any atom is -0.425 e. The van der Waals surface area contributed by atoms with Gasteiger partial charge in [-0.2, -0.15) is 0 Å². The Morgan fingerprint density at radius 2 is 2.21 bits per heavy atom. The highest BCUT2D eigenvalue weighted by Crippen LogP contribution is 2.43. The van der Waals surface area contributed by atoms with Crippen LogP contribution < -0.4 is 0 Å². The molecule has 0 aliphatic carbocycles. The van der Waals surface area contributed by atoms with Gasteiger partial charge in [-0.05, 0) is 0 Å². The zero-order valence-corrected chi connectivity index (χ0v) is 15.5. The molecule has 0 saturated carbocycles. The summed E-state index contributed by atoms with van der Waals surface area (Å²) in [6.45, 7) is 12.7. The van der Waals surface area contributed by atoms with Gasteiger partial charge in [0.15, 0.2) is 0 Å². The average Bonchev–Trinajstić information content (AvgIpc) is 3.20. The predicted molar refractivity (Wildman–Crippen MR) is 91.1 cm³/mol. The van der Waals surface area contributed by atoms with E-state index < -0.39 is 0 Å². The number of nitrogens with zero attached hydrogens (tertiary/aromatic N) is 4. The summed E-state index contributed by atoms with van der Waals surface area (Å²) >= 11 is 1.76. The van der Waals surface area contributed by atoms with E-state index in [0.717, 1.165) is 37.8 Å². The molecule has 24 heavy (non-hydrogen) atoms. The molecule has 0 spiro atoms. The summed E-state index contributed by atoms with van der Waals surface area (Å²) in [5, 5.41) is 11.7. The number of hydrogen-bond acceptors (Lipinski definition) is 7. The molecule has 0 unspecified atom stereocenters. The van der Waals surface area contributed by atoms with E-state index in [9.17, 15) is 0 Å². The molecule has 2 aliphatic rings. The number of aryl methyl sites for hydroxylation is 1. The third-order valence-electron chi connectivity index (χ3n) is 4.98. The van der Waals surface area contributed by atoms with Crippen molar-refractivity contribution in [3.63, 3.8) is 0 Å². The number of fused-ring (bicyclic) bond motifs is 1. The highest BCUT2D eigenvalue weighted by atomic mass is 32.1. The van der Waals surface area contributed by atoms with E-state index in [0.29, 0.717) is 18.4 Å². The van der Waals surface area contributed by atoms with E-state index in [1.807, 2.05) is 6.92 Å². The van der Waals surface area contributed by atoms with Crippen molar-refractivity contribution in [3.05, 3.63) is 27.9 Å². The van der Waals surface area contributed by atoms with Gasteiger partial charge < -0.3 is 9.15 Å². The Morgan fingerprint density at radius 1 is 1.38 bits per heavy atom. The number of hydrogen-bond donors (Lipinski definition) is 0. The summed E-state index contributed by atoms with van der Waals surface area (Å²) in [7, 11) is 0. The van der Waals surface area contributed by atoms with Gasteiger partial charge in [0.05, 0.1) is 29.3 Å². The Balaban J connectivity index is 1.52. The molecular weight excluding hydrogens is 324 g/mol. The second-order valence-electron chi connectivity index (χ2n) is 8.06. The lowest BCUT2D eigenvalue weighted by molar-refractivity contribution is 0.139. The zero-order chi connectivity index (χ0) is 16.9. The number of ether oxygens (including phenoxy) is 1. The molecule has 2 saturated heterocycles. The van der Waals surface area contributed by atoms with Crippen LogP contribution in [0.25, 0.3) is 0 Å². The molecule has 4 heterocycles. The van der Waals surface area contributed by atoms with E-state index in [1.165, 1.54) is 5.01 Å². The van der Waals surface area contributed by atoms with Crippen molar-refractivity contribution in [2.45, 2.75) is 45.1 Å². The molecule has 2 aliphatic heterocycles. The van der Waals surface area contributed by atoms with Crippen molar-refractivity contribution < 1.29 is 9.15 Å². The zero-order valence-electron chi connectivity index (χ0n) is 14.7. The van der Waals surface area contributed by atoms with Crippen LogP contribution >= 0.6 is 11.3 Å². The number of thiazole rings is 1. The molecule has 0 bridgehead atoms. The molecular formula is C17H24N4O2S. The molecule has 130 valence electrons. The molecule has 0 radical (unpaired) electrons. The lowest BCUT2D eigenvalue weighted by atomic mass is 9.81. The van der Waals surface area contributed by atoms with Crippen molar-refractivity contribution in [2.24, 2.45) is 5.92 Å². The van der Waals surface area contributed by atoms with E-state index >= 15 is 0 Å². The van der Waals surface area contributed by atoms with E-state index in [4.69, 9.17) is 14.1 Å². The van der Waals surface area contributed by atoms with Crippen LogP contribution in [0.5, 0.6) is 0 Å². The van der Waals surface area contributed by atoms with Crippen molar-refractivity contribution in [1.29, 1.82) is 0 Å². The van der Waals surface area contributed by atoms with Crippen molar-refractivity contribution in [1.82, 2.24) is 20.1 Å². The van der Waals surface area contributed by atoms with Gasteiger partial charge in [-0.25, -0.2) is 4.98 Å². The standard InChI is InChI=1S/C17H24N4O2S/c1-11-19-20-14(23-11)17-9-21(5-12(17)7-22-10-17)6-13-8-24-15(18-13)16(2,3)4/h8,12H,5-7,9-10H2,1-4H3/t12-,17-/m1/s1. The molecule has 2 aromatic heterocycles. The molecule has 0 aromatic carbocycles. The second kappa shape index (κ2) is 5.61. The van der Waals surface area contributed by atoms with Crippen LogP contribution in [0.3, 0.4) is 0 Å². The third-order valence-corrected chi connectivity index (χ3v) is 6.29. The van der Waals surface area contributed by atoms with Gasteiger partial charge >= 0.3 is 0 Å². The maximum absolute atomic E-state index is 5.78. The van der Waals surface area contributed by atoms with Crippen molar-refractivity contribution in [2.75, 3.05) is 26.3 Å². The van der Waals surface area contributed by atoms with Crippen LogP contribution in [0, 0.1) is 12.8 Å². The molecule has 4 rings (SSSR count). The fourth-order valence-electron chi connectivity index (χ4n) is 3.71. The van der Waals surface area contributed by atoms with E-state index in [2.05, 4.69) is 41.2 Å². The van der Waals surface area contributed by atoms with Crippen LogP contribution in [-0.2, 0) is 22.1 Å². The molecule has 7 heteroatoms. The van der Waals surface area contributed by atoms with E-state index in [-0.39, 0.29) is 10.8 Å². The number of likely N-dealkylation sites (tertiary alicyclic amines) is 1. The van der Waals surface area contributed by atoms with Gasteiger partial charge in [0.25, 0.3) is 0 Å². The van der Waals surface area contributed by atoms with Crippen LogP contribution in [0.4, 0.5) is 0 Å². The maximum atomic E-state index is 5.78. The Hall–Kier alpha value is -1.31. The normalized spacial score (nSPS) is 27.8.